The maximum absolute atomic E-state index is 13.8. The Kier molecular flexibility index (Phi) is 4.97. The third-order valence-corrected chi connectivity index (χ3v) is 9.17. The van der Waals surface area contributed by atoms with Crippen LogP contribution in [0, 0.1) is 6.92 Å². The van der Waals surface area contributed by atoms with Crippen LogP contribution in [0.5, 0.6) is 0 Å². The summed E-state index contributed by atoms with van der Waals surface area (Å²) in [5.41, 5.74) is 4.94. The van der Waals surface area contributed by atoms with E-state index in [2.05, 4.69) is 33.6 Å². The molecular formula is C26H24N4O2S2. The molecule has 0 spiro atoms. The molecule has 0 aliphatic heterocycles. The maximum Gasteiger partial charge on any atom is 0.283 e. The Hall–Kier alpha value is -3.23. The first kappa shape index (κ1) is 21.3. The zero-order chi connectivity index (χ0) is 23.3. The highest BCUT2D eigenvalue weighted by atomic mass is 32.2. The minimum Gasteiger partial charge on any atom is -0.365 e. The molecule has 2 aliphatic carbocycles. The van der Waals surface area contributed by atoms with Crippen LogP contribution in [0.2, 0.25) is 0 Å². The van der Waals surface area contributed by atoms with Crippen LogP contribution in [0.25, 0.3) is 6.08 Å². The molecule has 2 heterocycles. The lowest BCUT2D eigenvalue weighted by Gasteiger charge is -2.33. The molecule has 2 aromatic carbocycles. The van der Waals surface area contributed by atoms with Gasteiger partial charge in [-0.2, -0.15) is 12.5 Å². The van der Waals surface area contributed by atoms with Crippen LogP contribution in [0.4, 0.5) is 5.82 Å². The van der Waals surface area contributed by atoms with E-state index < -0.39 is 15.4 Å². The Bertz CT molecular complexity index is 1470. The molecule has 172 valence electrons. The summed E-state index contributed by atoms with van der Waals surface area (Å²) in [5, 5.41) is 8.08. The molecule has 0 saturated heterocycles. The van der Waals surface area contributed by atoms with Gasteiger partial charge in [-0.15, -0.1) is 16.4 Å². The minimum absolute atomic E-state index is 0.235. The number of nitrogens with one attached hydrogen (secondary N) is 1. The topological polar surface area (TPSA) is 76.9 Å². The Morgan fingerprint density at radius 1 is 1.09 bits per heavy atom. The van der Waals surface area contributed by atoms with Gasteiger partial charge in [0.15, 0.2) is 5.82 Å². The number of thiazole rings is 1. The third kappa shape index (κ3) is 3.49. The number of aromatic nitrogens is 3. The molecule has 1 unspecified atom stereocenters. The summed E-state index contributed by atoms with van der Waals surface area (Å²) >= 11 is 1.58. The standard InChI is InChI=1S/C26H24N4O2S2/c1-18-7-11-21(12-8-18)34(31,32)30-23-15-26(24-16-27-17-33-24,19-5-3-2-4-6-19)14-13-22(23)25(29-30)28-20-9-10-20/h2-8,11-14,16-17,20H,9-10,15H2,1H3,(H,28,29). The van der Waals surface area contributed by atoms with Crippen molar-refractivity contribution in [2.45, 2.75) is 42.5 Å². The highest BCUT2D eigenvalue weighted by Gasteiger charge is 2.41. The lowest BCUT2D eigenvalue weighted by atomic mass is 9.72. The molecule has 34 heavy (non-hydrogen) atoms. The van der Waals surface area contributed by atoms with E-state index in [1.807, 2.05) is 55.0 Å². The third-order valence-electron chi connectivity index (χ3n) is 6.59. The number of hydrogen-bond donors (Lipinski definition) is 1. The van der Waals surface area contributed by atoms with Gasteiger partial charge in [0.1, 0.15) is 0 Å². The fraction of sp³-hybridized carbons (Fsp3) is 0.231. The van der Waals surface area contributed by atoms with E-state index >= 15 is 0 Å². The van der Waals surface area contributed by atoms with Crippen LogP contribution in [0.15, 0.2) is 77.3 Å². The van der Waals surface area contributed by atoms with Crippen molar-refractivity contribution in [1.29, 1.82) is 0 Å². The van der Waals surface area contributed by atoms with E-state index in [-0.39, 0.29) is 4.90 Å². The number of anilines is 1. The van der Waals surface area contributed by atoms with E-state index in [0.717, 1.165) is 34.4 Å². The summed E-state index contributed by atoms with van der Waals surface area (Å²) in [5.74, 6) is 0.635. The zero-order valence-electron chi connectivity index (χ0n) is 18.7. The van der Waals surface area contributed by atoms with Crippen LogP contribution in [-0.4, -0.2) is 28.6 Å². The van der Waals surface area contributed by atoms with Crippen LogP contribution in [-0.2, 0) is 21.9 Å². The Morgan fingerprint density at radius 3 is 2.53 bits per heavy atom. The highest BCUT2D eigenvalue weighted by Crippen LogP contribution is 2.45. The SMILES string of the molecule is Cc1ccc(S(=O)(=O)n2nc(NC3CC3)c3c2CC(c2ccccc2)(c2cncs2)C=C3)cc1. The molecule has 0 amide bonds. The van der Waals surface area contributed by atoms with E-state index in [9.17, 15) is 8.42 Å². The lowest BCUT2D eigenvalue weighted by molar-refractivity contribution is 0.567. The second-order valence-corrected chi connectivity index (χ2v) is 11.7. The largest absolute Gasteiger partial charge is 0.365 e. The number of hydrogen-bond acceptors (Lipinski definition) is 6. The van der Waals surface area contributed by atoms with Crippen molar-refractivity contribution in [2.24, 2.45) is 0 Å². The monoisotopic (exact) mass is 488 g/mol. The van der Waals surface area contributed by atoms with Crippen LogP contribution in [0.1, 0.15) is 40.1 Å². The molecule has 0 bridgehead atoms. The van der Waals surface area contributed by atoms with E-state index in [1.54, 1.807) is 23.5 Å². The average molecular weight is 489 g/mol. The van der Waals surface area contributed by atoms with E-state index in [4.69, 9.17) is 0 Å². The first-order valence-corrected chi connectivity index (χ1v) is 13.6. The number of allylic oxidation sites excluding steroid dienone is 1. The summed E-state index contributed by atoms with van der Waals surface area (Å²) < 4.78 is 28.9. The van der Waals surface area contributed by atoms with Crippen molar-refractivity contribution < 1.29 is 8.42 Å². The molecule has 0 radical (unpaired) electrons. The number of nitrogens with zero attached hydrogens (tertiary/aromatic N) is 3. The van der Waals surface area contributed by atoms with Crippen LogP contribution < -0.4 is 5.32 Å². The minimum atomic E-state index is -3.87. The van der Waals surface area contributed by atoms with Gasteiger partial charge >= 0.3 is 0 Å². The number of rotatable bonds is 6. The number of fused-ring (bicyclic) bond motifs is 1. The van der Waals surface area contributed by atoms with E-state index in [0.29, 0.717) is 24.0 Å². The second-order valence-electron chi connectivity index (χ2n) is 9.00. The molecule has 2 aliphatic rings. The molecule has 4 aromatic rings. The molecule has 1 saturated carbocycles. The van der Waals surface area contributed by atoms with Crippen molar-refractivity contribution in [1.82, 2.24) is 14.2 Å². The zero-order valence-corrected chi connectivity index (χ0v) is 20.3. The van der Waals surface area contributed by atoms with Crippen molar-refractivity contribution in [2.75, 3.05) is 5.32 Å². The fourth-order valence-electron chi connectivity index (χ4n) is 4.55. The van der Waals surface area contributed by atoms with Crippen molar-refractivity contribution in [3.05, 3.63) is 99.6 Å². The van der Waals surface area contributed by atoms with Gasteiger partial charge < -0.3 is 5.32 Å². The Balaban J connectivity index is 1.55. The molecule has 2 aromatic heterocycles. The second kappa shape index (κ2) is 7.92. The number of aryl methyl sites for hydroxylation is 1. The van der Waals surface area contributed by atoms with Gasteiger partial charge in [-0.05, 0) is 37.5 Å². The Labute approximate surface area is 203 Å². The van der Waals surface area contributed by atoms with Crippen molar-refractivity contribution in [3.8, 4) is 0 Å². The smallest absolute Gasteiger partial charge is 0.283 e. The Morgan fingerprint density at radius 2 is 1.85 bits per heavy atom. The molecule has 6 nitrogen and oxygen atoms in total. The quantitative estimate of drug-likeness (QED) is 0.413. The van der Waals surface area contributed by atoms with Crippen molar-refractivity contribution in [3.63, 3.8) is 0 Å². The van der Waals surface area contributed by atoms with Crippen LogP contribution >= 0.6 is 11.3 Å². The summed E-state index contributed by atoms with van der Waals surface area (Å²) in [6, 6.07) is 17.5. The van der Waals surface area contributed by atoms with E-state index in [1.165, 1.54) is 4.09 Å². The van der Waals surface area contributed by atoms with Gasteiger partial charge in [-0.25, -0.2) is 0 Å². The van der Waals surface area contributed by atoms with Gasteiger partial charge in [0, 0.05) is 29.1 Å². The molecule has 1 N–H and O–H groups in total. The lowest BCUT2D eigenvalue weighted by Crippen LogP contribution is -2.32. The predicted molar refractivity (Wildman–Crippen MR) is 135 cm³/mol. The van der Waals surface area contributed by atoms with Gasteiger partial charge in [0.2, 0.25) is 0 Å². The summed E-state index contributed by atoms with van der Waals surface area (Å²) in [6.07, 6.45) is 8.71. The fourth-order valence-corrected chi connectivity index (χ4v) is 6.70. The van der Waals surface area contributed by atoms with Crippen molar-refractivity contribution >= 4 is 33.3 Å². The van der Waals surface area contributed by atoms with Gasteiger partial charge in [-0.3, -0.25) is 4.98 Å². The molecular weight excluding hydrogens is 464 g/mol. The first-order chi connectivity index (χ1) is 16.5. The summed E-state index contributed by atoms with van der Waals surface area (Å²) in [7, 11) is -3.87. The molecule has 6 rings (SSSR count). The first-order valence-electron chi connectivity index (χ1n) is 11.3. The summed E-state index contributed by atoms with van der Waals surface area (Å²) in [4.78, 5) is 5.64. The highest BCUT2D eigenvalue weighted by molar-refractivity contribution is 7.89. The molecule has 1 fully saturated rings. The number of benzene rings is 2. The molecule has 8 heteroatoms. The van der Waals surface area contributed by atoms with Crippen LogP contribution in [0.3, 0.4) is 0 Å². The van der Waals surface area contributed by atoms with Gasteiger partial charge in [0.05, 0.1) is 21.5 Å². The summed E-state index contributed by atoms with van der Waals surface area (Å²) in [6.45, 7) is 1.94. The average Bonchev–Trinajstić information content (AvgIpc) is 3.35. The van der Waals surface area contributed by atoms with Gasteiger partial charge in [0.25, 0.3) is 10.0 Å². The van der Waals surface area contributed by atoms with Gasteiger partial charge in [-0.1, -0.05) is 60.2 Å². The normalized spacial score (nSPS) is 19.7. The molecule has 1 atom stereocenters. The predicted octanol–water partition coefficient (Wildman–Crippen LogP) is 5.01. The maximum atomic E-state index is 13.8.